The van der Waals surface area contributed by atoms with E-state index in [0.29, 0.717) is 11.3 Å². The third-order valence-electron chi connectivity index (χ3n) is 2.41. The third kappa shape index (κ3) is 3.23. The van der Waals surface area contributed by atoms with Crippen molar-refractivity contribution in [2.45, 2.75) is 6.92 Å². The standard InChI is InChI=1S/C13H13NO4S/c1-10-8-12(11-6-4-3-5-7-11)14(13(15)9-10)18-19(2,16)17/h3-9H,1-2H3. The molecule has 0 aliphatic carbocycles. The molecule has 100 valence electrons. The van der Waals surface area contributed by atoms with Gasteiger partial charge in [0.05, 0.1) is 11.9 Å². The zero-order valence-corrected chi connectivity index (χ0v) is 11.3. The van der Waals surface area contributed by atoms with Crippen LogP contribution in [0.4, 0.5) is 0 Å². The van der Waals surface area contributed by atoms with Crippen molar-refractivity contribution in [1.29, 1.82) is 0 Å². The van der Waals surface area contributed by atoms with Gasteiger partial charge in [0.15, 0.2) is 0 Å². The minimum Gasteiger partial charge on any atom is -0.284 e. The number of hydrogen-bond donors (Lipinski definition) is 0. The summed E-state index contributed by atoms with van der Waals surface area (Å²) in [5, 5.41) is 0. The van der Waals surface area contributed by atoms with Gasteiger partial charge in [0.2, 0.25) is 0 Å². The Kier molecular flexibility index (Phi) is 3.44. The molecule has 0 N–H and O–H groups in total. The summed E-state index contributed by atoms with van der Waals surface area (Å²) in [4.78, 5) is 11.9. The summed E-state index contributed by atoms with van der Waals surface area (Å²) in [6, 6.07) is 12.0. The Morgan fingerprint density at radius 3 is 2.32 bits per heavy atom. The Bertz CT molecular complexity index is 748. The van der Waals surface area contributed by atoms with E-state index in [1.165, 1.54) is 6.07 Å². The highest BCUT2D eigenvalue weighted by Crippen LogP contribution is 2.18. The summed E-state index contributed by atoms with van der Waals surface area (Å²) in [5.74, 6) is 0. The van der Waals surface area contributed by atoms with Crippen LogP contribution < -0.4 is 9.84 Å². The molecule has 0 saturated carbocycles. The molecule has 0 radical (unpaired) electrons. The van der Waals surface area contributed by atoms with Gasteiger partial charge < -0.3 is 0 Å². The lowest BCUT2D eigenvalue weighted by molar-refractivity contribution is 0.274. The van der Waals surface area contributed by atoms with Crippen LogP contribution >= 0.6 is 0 Å². The van der Waals surface area contributed by atoms with Crippen molar-refractivity contribution < 1.29 is 12.7 Å². The molecule has 5 nitrogen and oxygen atoms in total. The summed E-state index contributed by atoms with van der Waals surface area (Å²) in [6.07, 6.45) is 0.897. The summed E-state index contributed by atoms with van der Waals surface area (Å²) >= 11 is 0. The first-order chi connectivity index (χ1) is 8.87. The molecular formula is C13H13NO4S. The van der Waals surface area contributed by atoms with Gasteiger partial charge in [0, 0.05) is 11.6 Å². The molecule has 0 aliphatic heterocycles. The number of benzene rings is 1. The summed E-state index contributed by atoms with van der Waals surface area (Å²) in [7, 11) is -3.78. The van der Waals surface area contributed by atoms with Crippen molar-refractivity contribution in [3.63, 3.8) is 0 Å². The number of aromatic nitrogens is 1. The number of rotatable bonds is 3. The molecule has 1 aromatic carbocycles. The highest BCUT2D eigenvalue weighted by atomic mass is 32.2. The summed E-state index contributed by atoms with van der Waals surface area (Å²) in [5.41, 5.74) is 1.31. The molecule has 0 saturated heterocycles. The minimum absolute atomic E-state index is 0.399. The van der Waals surface area contributed by atoms with Gasteiger partial charge in [-0.2, -0.15) is 8.42 Å². The van der Waals surface area contributed by atoms with E-state index in [-0.39, 0.29) is 0 Å². The van der Waals surface area contributed by atoms with Gasteiger partial charge in [-0.25, -0.2) is 0 Å². The number of nitrogens with zero attached hydrogens (tertiary/aromatic N) is 1. The highest BCUT2D eigenvalue weighted by Gasteiger charge is 2.13. The molecular weight excluding hydrogens is 266 g/mol. The van der Waals surface area contributed by atoms with Gasteiger partial charge in [0.25, 0.3) is 5.56 Å². The lowest BCUT2D eigenvalue weighted by Crippen LogP contribution is -2.31. The van der Waals surface area contributed by atoms with Crippen LogP contribution in [0, 0.1) is 6.92 Å². The first-order valence-electron chi connectivity index (χ1n) is 5.56. The van der Waals surface area contributed by atoms with E-state index in [0.717, 1.165) is 16.5 Å². The van der Waals surface area contributed by atoms with E-state index < -0.39 is 15.7 Å². The van der Waals surface area contributed by atoms with Gasteiger partial charge in [-0.1, -0.05) is 30.3 Å². The van der Waals surface area contributed by atoms with Gasteiger partial charge in [-0.15, -0.1) is 4.73 Å². The predicted molar refractivity (Wildman–Crippen MR) is 72.3 cm³/mol. The van der Waals surface area contributed by atoms with E-state index in [2.05, 4.69) is 0 Å². The molecule has 0 amide bonds. The second kappa shape index (κ2) is 4.89. The smallest absolute Gasteiger partial charge is 0.284 e. The van der Waals surface area contributed by atoms with Gasteiger partial charge in [-0.3, -0.25) is 9.08 Å². The fraction of sp³-hybridized carbons (Fsp3) is 0.154. The zero-order chi connectivity index (χ0) is 14.0. The van der Waals surface area contributed by atoms with Gasteiger partial charge in [0.1, 0.15) is 0 Å². The maximum atomic E-state index is 11.9. The molecule has 2 aromatic rings. The first kappa shape index (κ1) is 13.4. The van der Waals surface area contributed by atoms with E-state index in [9.17, 15) is 13.2 Å². The van der Waals surface area contributed by atoms with E-state index in [1.54, 1.807) is 37.3 Å². The van der Waals surface area contributed by atoms with Crippen LogP contribution in [0.2, 0.25) is 0 Å². The minimum atomic E-state index is -3.78. The Balaban J connectivity index is 2.69. The topological polar surface area (TPSA) is 65.4 Å². The van der Waals surface area contributed by atoms with Crippen molar-refractivity contribution in [2.24, 2.45) is 0 Å². The monoisotopic (exact) mass is 279 g/mol. The molecule has 0 spiro atoms. The van der Waals surface area contributed by atoms with Crippen molar-refractivity contribution in [1.82, 2.24) is 4.73 Å². The maximum absolute atomic E-state index is 11.9. The van der Waals surface area contributed by atoms with Crippen LogP contribution in [-0.2, 0) is 10.1 Å². The Labute approximate surface area is 111 Å². The van der Waals surface area contributed by atoms with Crippen molar-refractivity contribution in [3.8, 4) is 11.3 Å². The zero-order valence-electron chi connectivity index (χ0n) is 10.5. The van der Waals surface area contributed by atoms with E-state index in [1.807, 2.05) is 6.07 Å². The van der Waals surface area contributed by atoms with E-state index >= 15 is 0 Å². The van der Waals surface area contributed by atoms with Crippen LogP contribution in [0.15, 0.2) is 47.3 Å². The molecule has 1 aromatic heterocycles. The van der Waals surface area contributed by atoms with Gasteiger partial charge in [-0.05, 0) is 18.6 Å². The highest BCUT2D eigenvalue weighted by molar-refractivity contribution is 7.86. The molecule has 0 fully saturated rings. The molecule has 0 unspecified atom stereocenters. The SMILES string of the molecule is Cc1cc(-c2ccccc2)n(OS(C)(=O)=O)c(=O)c1. The lowest BCUT2D eigenvalue weighted by atomic mass is 10.1. The molecule has 1 heterocycles. The number of hydrogen-bond acceptors (Lipinski definition) is 4. The predicted octanol–water partition coefficient (Wildman–Crippen LogP) is 1.21. The van der Waals surface area contributed by atoms with Gasteiger partial charge >= 0.3 is 10.1 Å². The van der Waals surface area contributed by atoms with Crippen LogP contribution in [0.1, 0.15) is 5.56 Å². The normalized spacial score (nSPS) is 11.3. The average molecular weight is 279 g/mol. The third-order valence-corrected chi connectivity index (χ3v) is 2.83. The largest absolute Gasteiger partial charge is 0.324 e. The summed E-state index contributed by atoms with van der Waals surface area (Å²) < 4.78 is 28.0. The molecule has 6 heteroatoms. The van der Waals surface area contributed by atoms with Crippen molar-refractivity contribution >= 4 is 10.1 Å². The second-order valence-electron chi connectivity index (χ2n) is 4.20. The van der Waals surface area contributed by atoms with Crippen LogP contribution in [0.25, 0.3) is 11.3 Å². The Morgan fingerprint density at radius 2 is 1.74 bits per heavy atom. The van der Waals surface area contributed by atoms with Crippen LogP contribution in [0.3, 0.4) is 0 Å². The fourth-order valence-corrected chi connectivity index (χ4v) is 2.13. The summed E-state index contributed by atoms with van der Waals surface area (Å²) in [6.45, 7) is 1.76. The van der Waals surface area contributed by atoms with Crippen molar-refractivity contribution in [3.05, 3.63) is 58.4 Å². The molecule has 0 bridgehead atoms. The van der Waals surface area contributed by atoms with Crippen LogP contribution in [0.5, 0.6) is 0 Å². The quantitative estimate of drug-likeness (QED) is 0.847. The van der Waals surface area contributed by atoms with E-state index in [4.69, 9.17) is 4.28 Å². The molecule has 0 aliphatic rings. The maximum Gasteiger partial charge on any atom is 0.324 e. The van der Waals surface area contributed by atoms with Crippen LogP contribution in [-0.4, -0.2) is 19.4 Å². The molecule has 0 atom stereocenters. The van der Waals surface area contributed by atoms with Crippen molar-refractivity contribution in [2.75, 3.05) is 6.26 Å². The Hall–Kier alpha value is -2.08. The second-order valence-corrected chi connectivity index (χ2v) is 5.75. The molecule has 19 heavy (non-hydrogen) atoms. The lowest BCUT2D eigenvalue weighted by Gasteiger charge is -2.12. The molecule has 2 rings (SSSR count). The number of aryl methyl sites for hydroxylation is 1. The Morgan fingerprint density at radius 1 is 1.11 bits per heavy atom. The first-order valence-corrected chi connectivity index (χ1v) is 7.37. The average Bonchev–Trinajstić information content (AvgIpc) is 2.32. The number of pyridine rings is 1. The fourth-order valence-electron chi connectivity index (χ4n) is 1.71.